The Balaban J connectivity index is 2.06. The van der Waals surface area contributed by atoms with Crippen molar-refractivity contribution >= 4 is 15.8 Å². The number of rotatable bonds is 7. The third kappa shape index (κ3) is 5.73. The van der Waals surface area contributed by atoms with Crippen molar-refractivity contribution in [1.29, 1.82) is 0 Å². The summed E-state index contributed by atoms with van der Waals surface area (Å²) in [7, 11) is -2.97. The Hall–Kier alpha value is -1.56. The molecule has 2 unspecified atom stereocenters. The van der Waals surface area contributed by atoms with E-state index >= 15 is 0 Å². The lowest BCUT2D eigenvalue weighted by atomic mass is 9.79. The summed E-state index contributed by atoms with van der Waals surface area (Å²) in [5.74, 6) is 2.31. The number of sulfone groups is 1. The third-order valence-electron chi connectivity index (χ3n) is 5.22. The fourth-order valence-corrected chi connectivity index (χ4v) is 4.30. The molecule has 1 aliphatic rings. The summed E-state index contributed by atoms with van der Waals surface area (Å²) in [6.45, 7) is 9.01. The summed E-state index contributed by atoms with van der Waals surface area (Å²) in [6.07, 6.45) is 2.22. The monoisotopic (exact) mass is 379 g/mol. The van der Waals surface area contributed by atoms with Crippen molar-refractivity contribution in [2.24, 2.45) is 10.9 Å². The fourth-order valence-electron chi connectivity index (χ4n) is 3.64. The highest BCUT2D eigenvalue weighted by Crippen LogP contribution is 2.34. The molecular formula is C20H33N3O2S. The van der Waals surface area contributed by atoms with Crippen LogP contribution in [0, 0.1) is 5.92 Å². The molecule has 1 aromatic rings. The van der Waals surface area contributed by atoms with Gasteiger partial charge in [0.2, 0.25) is 0 Å². The molecule has 2 rings (SSSR count). The molecule has 1 fully saturated rings. The smallest absolute Gasteiger partial charge is 0.193 e. The van der Waals surface area contributed by atoms with Crippen LogP contribution in [0.15, 0.2) is 35.3 Å². The second-order valence-corrected chi connectivity index (χ2v) is 9.36. The Bertz CT molecular complexity index is 674. The zero-order valence-electron chi connectivity index (χ0n) is 16.3. The van der Waals surface area contributed by atoms with Gasteiger partial charge in [0.05, 0.1) is 12.3 Å². The van der Waals surface area contributed by atoms with E-state index in [0.717, 1.165) is 38.4 Å². The third-order valence-corrected chi connectivity index (χ3v) is 6.91. The molecule has 6 heteroatoms. The SMILES string of the molecule is CCNC(=NCCS(=O)(=O)CC)N1CCC(c2ccccc2)C(CC)C1. The second-order valence-electron chi connectivity index (χ2n) is 6.89. The minimum absolute atomic E-state index is 0.121. The lowest BCUT2D eigenvalue weighted by molar-refractivity contribution is 0.215. The van der Waals surface area contributed by atoms with Crippen molar-refractivity contribution in [2.45, 2.75) is 39.5 Å². The summed E-state index contributed by atoms with van der Waals surface area (Å²) in [4.78, 5) is 6.89. The Labute approximate surface area is 158 Å². The van der Waals surface area contributed by atoms with Crippen LogP contribution in [0.2, 0.25) is 0 Å². The number of hydrogen-bond donors (Lipinski definition) is 1. The summed E-state index contributed by atoms with van der Waals surface area (Å²) in [5.41, 5.74) is 1.43. The average molecular weight is 380 g/mol. The van der Waals surface area contributed by atoms with Crippen molar-refractivity contribution in [3.05, 3.63) is 35.9 Å². The van der Waals surface area contributed by atoms with Crippen LogP contribution in [0.25, 0.3) is 0 Å². The molecule has 0 spiro atoms. The molecule has 0 saturated carbocycles. The highest BCUT2D eigenvalue weighted by atomic mass is 32.2. The predicted molar refractivity (Wildman–Crippen MR) is 109 cm³/mol. The average Bonchev–Trinajstić information content (AvgIpc) is 2.67. The van der Waals surface area contributed by atoms with E-state index in [-0.39, 0.29) is 11.5 Å². The van der Waals surface area contributed by atoms with E-state index in [4.69, 9.17) is 0 Å². The minimum Gasteiger partial charge on any atom is -0.357 e. The van der Waals surface area contributed by atoms with Gasteiger partial charge in [-0.05, 0) is 30.7 Å². The van der Waals surface area contributed by atoms with Gasteiger partial charge in [-0.1, -0.05) is 50.6 Å². The Morgan fingerprint density at radius 1 is 1.23 bits per heavy atom. The van der Waals surface area contributed by atoms with Gasteiger partial charge in [-0.15, -0.1) is 0 Å². The summed E-state index contributed by atoms with van der Waals surface area (Å²) < 4.78 is 23.4. The molecule has 0 aliphatic carbocycles. The van der Waals surface area contributed by atoms with Gasteiger partial charge in [0.15, 0.2) is 15.8 Å². The van der Waals surface area contributed by atoms with Gasteiger partial charge in [-0.3, -0.25) is 4.99 Å². The topological polar surface area (TPSA) is 61.8 Å². The summed E-state index contributed by atoms with van der Waals surface area (Å²) in [5, 5.41) is 3.34. The number of piperidine rings is 1. The van der Waals surface area contributed by atoms with Gasteiger partial charge in [0.1, 0.15) is 0 Å². The maximum atomic E-state index is 11.7. The van der Waals surface area contributed by atoms with Gasteiger partial charge < -0.3 is 10.2 Å². The number of aliphatic imine (C=N–C) groups is 1. The predicted octanol–water partition coefficient (Wildman–Crippen LogP) is 2.90. The lowest BCUT2D eigenvalue weighted by Crippen LogP contribution is -2.48. The van der Waals surface area contributed by atoms with Crippen molar-refractivity contribution in [3.8, 4) is 0 Å². The molecule has 1 aliphatic heterocycles. The Morgan fingerprint density at radius 3 is 2.58 bits per heavy atom. The van der Waals surface area contributed by atoms with Crippen LogP contribution in [-0.2, 0) is 9.84 Å². The van der Waals surface area contributed by atoms with E-state index in [0.29, 0.717) is 18.4 Å². The van der Waals surface area contributed by atoms with Crippen molar-refractivity contribution < 1.29 is 8.42 Å². The van der Waals surface area contributed by atoms with Gasteiger partial charge in [0.25, 0.3) is 0 Å². The zero-order chi connectivity index (χ0) is 19.0. The normalized spacial score (nSPS) is 21.7. The van der Waals surface area contributed by atoms with Gasteiger partial charge in [-0.2, -0.15) is 0 Å². The fraction of sp³-hybridized carbons (Fsp3) is 0.650. The van der Waals surface area contributed by atoms with Crippen molar-refractivity contribution in [1.82, 2.24) is 10.2 Å². The molecule has 1 saturated heterocycles. The number of nitrogens with zero attached hydrogens (tertiary/aromatic N) is 2. The maximum absolute atomic E-state index is 11.7. The molecule has 146 valence electrons. The first kappa shape index (κ1) is 20.7. The Morgan fingerprint density at radius 2 is 1.96 bits per heavy atom. The van der Waals surface area contributed by atoms with E-state index in [1.54, 1.807) is 6.92 Å². The molecule has 0 aromatic heterocycles. The molecule has 5 nitrogen and oxygen atoms in total. The first-order valence-electron chi connectivity index (χ1n) is 9.79. The molecule has 26 heavy (non-hydrogen) atoms. The van der Waals surface area contributed by atoms with Crippen LogP contribution >= 0.6 is 0 Å². The van der Waals surface area contributed by atoms with E-state index < -0.39 is 9.84 Å². The first-order valence-corrected chi connectivity index (χ1v) is 11.6. The van der Waals surface area contributed by atoms with Crippen molar-refractivity contribution in [2.75, 3.05) is 37.7 Å². The lowest BCUT2D eigenvalue weighted by Gasteiger charge is -2.40. The highest BCUT2D eigenvalue weighted by molar-refractivity contribution is 7.91. The summed E-state index contributed by atoms with van der Waals surface area (Å²) in [6, 6.07) is 10.8. The molecule has 0 radical (unpaired) electrons. The number of benzene rings is 1. The standard InChI is InChI=1S/C20H33N3O2S/c1-4-17-16-23(14-12-19(17)18-10-8-7-9-11-18)20(21-5-2)22-13-15-26(24,25)6-3/h7-11,17,19H,4-6,12-16H2,1-3H3,(H,21,22). The van der Waals surface area contributed by atoms with Gasteiger partial charge in [-0.25, -0.2) is 8.42 Å². The number of nitrogens with one attached hydrogen (secondary N) is 1. The van der Waals surface area contributed by atoms with E-state index in [2.05, 4.69) is 52.5 Å². The molecule has 1 aromatic carbocycles. The second kappa shape index (κ2) is 9.95. The van der Waals surface area contributed by atoms with Crippen LogP contribution in [0.4, 0.5) is 0 Å². The van der Waals surface area contributed by atoms with Gasteiger partial charge >= 0.3 is 0 Å². The molecule has 2 atom stereocenters. The van der Waals surface area contributed by atoms with E-state index in [9.17, 15) is 8.42 Å². The van der Waals surface area contributed by atoms with Gasteiger partial charge in [0, 0.05) is 25.4 Å². The molecule has 0 bridgehead atoms. The highest BCUT2D eigenvalue weighted by Gasteiger charge is 2.30. The van der Waals surface area contributed by atoms with E-state index in [1.165, 1.54) is 5.56 Å². The Kier molecular flexibility index (Phi) is 7.94. The number of guanidine groups is 1. The van der Waals surface area contributed by atoms with Crippen LogP contribution in [0.3, 0.4) is 0 Å². The van der Waals surface area contributed by atoms with Crippen LogP contribution in [-0.4, -0.2) is 57.0 Å². The zero-order valence-corrected chi connectivity index (χ0v) is 17.1. The largest absolute Gasteiger partial charge is 0.357 e. The van der Waals surface area contributed by atoms with Crippen LogP contribution < -0.4 is 5.32 Å². The van der Waals surface area contributed by atoms with Crippen LogP contribution in [0.1, 0.15) is 45.1 Å². The maximum Gasteiger partial charge on any atom is 0.193 e. The first-order chi connectivity index (χ1) is 12.5. The minimum atomic E-state index is -2.97. The quantitative estimate of drug-likeness (QED) is 0.584. The molecule has 1 heterocycles. The van der Waals surface area contributed by atoms with Crippen molar-refractivity contribution in [3.63, 3.8) is 0 Å². The van der Waals surface area contributed by atoms with E-state index in [1.807, 2.05) is 6.92 Å². The number of likely N-dealkylation sites (tertiary alicyclic amines) is 1. The molecular weight excluding hydrogens is 346 g/mol. The number of hydrogen-bond acceptors (Lipinski definition) is 3. The summed E-state index contributed by atoms with van der Waals surface area (Å²) >= 11 is 0. The molecule has 1 N–H and O–H groups in total. The molecule has 0 amide bonds. The van der Waals surface area contributed by atoms with Crippen LogP contribution in [0.5, 0.6) is 0 Å².